The van der Waals surface area contributed by atoms with E-state index in [2.05, 4.69) is 31.2 Å². The average Bonchev–Trinajstić information content (AvgIpc) is 2.65. The lowest BCUT2D eigenvalue weighted by Gasteiger charge is -2.21. The Bertz CT molecular complexity index is 342. The number of ether oxygens (including phenoxy) is 1. The Morgan fingerprint density at radius 2 is 2.53 bits per heavy atom. The molecule has 0 amide bonds. The third kappa shape index (κ3) is 2.64. The van der Waals surface area contributed by atoms with E-state index in [1.54, 1.807) is 6.20 Å². The third-order valence-corrected chi connectivity index (χ3v) is 2.92. The smallest absolute Gasteiger partial charge is 0.143 e. The number of anilines is 1. The standard InChI is InChI=1S/C9H12BrN3O2/c10-7-3-11-6-13-8(7)12-4-9(14)1-2-15-5-9/h3,6,14H,1-2,4-5H2,(H,11,12,13). The van der Waals surface area contributed by atoms with Crippen LogP contribution in [0.1, 0.15) is 6.42 Å². The van der Waals surface area contributed by atoms with E-state index < -0.39 is 5.60 Å². The fraction of sp³-hybridized carbons (Fsp3) is 0.556. The van der Waals surface area contributed by atoms with Gasteiger partial charge in [-0.05, 0) is 15.9 Å². The second-order valence-electron chi connectivity index (χ2n) is 3.60. The minimum absolute atomic E-state index is 0.378. The Kier molecular flexibility index (Phi) is 3.18. The second-order valence-corrected chi connectivity index (χ2v) is 4.45. The molecule has 0 spiro atoms. The number of hydrogen-bond donors (Lipinski definition) is 2. The van der Waals surface area contributed by atoms with Gasteiger partial charge in [0.15, 0.2) is 0 Å². The summed E-state index contributed by atoms with van der Waals surface area (Å²) in [5.74, 6) is 0.685. The van der Waals surface area contributed by atoms with Gasteiger partial charge in [-0.1, -0.05) is 0 Å². The van der Waals surface area contributed by atoms with E-state index in [0.29, 0.717) is 32.0 Å². The van der Waals surface area contributed by atoms with Crippen LogP contribution >= 0.6 is 15.9 Å². The van der Waals surface area contributed by atoms with Crippen molar-refractivity contribution in [3.63, 3.8) is 0 Å². The molecule has 0 bridgehead atoms. The van der Waals surface area contributed by atoms with Crippen LogP contribution < -0.4 is 5.32 Å². The Balaban J connectivity index is 1.95. The van der Waals surface area contributed by atoms with Crippen molar-refractivity contribution >= 4 is 21.7 Å². The summed E-state index contributed by atoms with van der Waals surface area (Å²) in [6.07, 6.45) is 3.77. The predicted octanol–water partition coefficient (Wildman–Crippen LogP) is 0.802. The fourth-order valence-corrected chi connectivity index (χ4v) is 1.79. The summed E-state index contributed by atoms with van der Waals surface area (Å²) in [5.41, 5.74) is -0.773. The number of rotatable bonds is 3. The molecule has 15 heavy (non-hydrogen) atoms. The van der Waals surface area contributed by atoms with Gasteiger partial charge in [-0.2, -0.15) is 0 Å². The van der Waals surface area contributed by atoms with E-state index in [0.717, 1.165) is 4.47 Å². The fourth-order valence-electron chi connectivity index (χ4n) is 1.43. The highest BCUT2D eigenvalue weighted by Crippen LogP contribution is 2.21. The predicted molar refractivity (Wildman–Crippen MR) is 58.6 cm³/mol. The van der Waals surface area contributed by atoms with Crippen LogP contribution in [-0.2, 0) is 4.74 Å². The molecule has 1 atom stereocenters. The first-order valence-corrected chi connectivity index (χ1v) is 5.48. The van der Waals surface area contributed by atoms with E-state index in [1.807, 2.05) is 0 Å². The lowest BCUT2D eigenvalue weighted by atomic mass is 10.0. The zero-order chi connectivity index (χ0) is 10.7. The zero-order valence-electron chi connectivity index (χ0n) is 8.11. The normalized spacial score (nSPS) is 25.5. The SMILES string of the molecule is OC1(CNc2ncncc2Br)CCOC1. The van der Waals surface area contributed by atoms with Gasteiger partial charge in [-0.15, -0.1) is 0 Å². The van der Waals surface area contributed by atoms with Crippen molar-refractivity contribution in [3.05, 3.63) is 17.0 Å². The Hall–Kier alpha value is -0.720. The molecular formula is C9H12BrN3O2. The lowest BCUT2D eigenvalue weighted by molar-refractivity contribution is 0.0381. The summed E-state index contributed by atoms with van der Waals surface area (Å²) in [6, 6.07) is 0. The molecule has 5 nitrogen and oxygen atoms in total. The van der Waals surface area contributed by atoms with Crippen LogP contribution in [-0.4, -0.2) is 40.4 Å². The maximum atomic E-state index is 10.00. The summed E-state index contributed by atoms with van der Waals surface area (Å²) in [7, 11) is 0. The minimum Gasteiger partial charge on any atom is -0.386 e. The van der Waals surface area contributed by atoms with Crippen molar-refractivity contribution in [1.29, 1.82) is 0 Å². The second kappa shape index (κ2) is 4.42. The molecular weight excluding hydrogens is 262 g/mol. The Morgan fingerprint density at radius 1 is 1.67 bits per heavy atom. The molecule has 82 valence electrons. The summed E-state index contributed by atoms with van der Waals surface area (Å²) >= 11 is 3.32. The van der Waals surface area contributed by atoms with Gasteiger partial charge >= 0.3 is 0 Å². The first-order valence-electron chi connectivity index (χ1n) is 4.69. The van der Waals surface area contributed by atoms with Gasteiger partial charge in [0, 0.05) is 25.8 Å². The van der Waals surface area contributed by atoms with Crippen molar-refractivity contribution in [2.75, 3.05) is 25.1 Å². The topological polar surface area (TPSA) is 67.3 Å². The Labute approximate surface area is 96.0 Å². The maximum Gasteiger partial charge on any atom is 0.143 e. The van der Waals surface area contributed by atoms with Gasteiger partial charge in [0.2, 0.25) is 0 Å². The highest BCUT2D eigenvalue weighted by Gasteiger charge is 2.32. The monoisotopic (exact) mass is 273 g/mol. The molecule has 1 aromatic heterocycles. The molecule has 0 radical (unpaired) electrons. The van der Waals surface area contributed by atoms with Crippen molar-refractivity contribution < 1.29 is 9.84 Å². The molecule has 0 saturated carbocycles. The number of aliphatic hydroxyl groups is 1. The van der Waals surface area contributed by atoms with Crippen LogP contribution in [0, 0.1) is 0 Å². The van der Waals surface area contributed by atoms with Crippen LogP contribution in [0.3, 0.4) is 0 Å². The molecule has 0 aliphatic carbocycles. The molecule has 2 rings (SSSR count). The quantitative estimate of drug-likeness (QED) is 0.853. The first kappa shape index (κ1) is 10.8. The van der Waals surface area contributed by atoms with Crippen LogP contribution in [0.5, 0.6) is 0 Å². The maximum absolute atomic E-state index is 10.00. The molecule has 1 aliphatic rings. The van der Waals surface area contributed by atoms with Crippen LogP contribution in [0.2, 0.25) is 0 Å². The van der Waals surface area contributed by atoms with Crippen LogP contribution in [0.4, 0.5) is 5.82 Å². The average molecular weight is 274 g/mol. The molecule has 1 aliphatic heterocycles. The summed E-state index contributed by atoms with van der Waals surface area (Å²) < 4.78 is 5.93. The van der Waals surface area contributed by atoms with E-state index in [9.17, 15) is 5.11 Å². The van der Waals surface area contributed by atoms with Gasteiger partial charge in [0.25, 0.3) is 0 Å². The van der Waals surface area contributed by atoms with Crippen molar-refractivity contribution in [2.45, 2.75) is 12.0 Å². The number of nitrogens with one attached hydrogen (secondary N) is 1. The van der Waals surface area contributed by atoms with E-state index in [1.165, 1.54) is 6.33 Å². The molecule has 1 saturated heterocycles. The van der Waals surface area contributed by atoms with E-state index >= 15 is 0 Å². The number of aromatic nitrogens is 2. The number of hydrogen-bond acceptors (Lipinski definition) is 5. The van der Waals surface area contributed by atoms with Gasteiger partial charge in [0.1, 0.15) is 17.7 Å². The van der Waals surface area contributed by atoms with E-state index in [4.69, 9.17) is 4.74 Å². The molecule has 2 heterocycles. The highest BCUT2D eigenvalue weighted by molar-refractivity contribution is 9.10. The zero-order valence-corrected chi connectivity index (χ0v) is 9.70. The van der Waals surface area contributed by atoms with E-state index in [-0.39, 0.29) is 0 Å². The molecule has 1 fully saturated rings. The minimum atomic E-state index is -0.773. The third-order valence-electron chi connectivity index (χ3n) is 2.33. The number of nitrogens with zero attached hydrogens (tertiary/aromatic N) is 2. The summed E-state index contributed by atoms with van der Waals surface area (Å²) in [4.78, 5) is 7.91. The lowest BCUT2D eigenvalue weighted by Crippen LogP contribution is -2.37. The van der Waals surface area contributed by atoms with Gasteiger partial charge < -0.3 is 15.2 Å². The van der Waals surface area contributed by atoms with Crippen molar-refractivity contribution in [3.8, 4) is 0 Å². The molecule has 0 aromatic carbocycles. The molecule has 6 heteroatoms. The highest BCUT2D eigenvalue weighted by atomic mass is 79.9. The van der Waals surface area contributed by atoms with Gasteiger partial charge in [-0.3, -0.25) is 0 Å². The first-order chi connectivity index (χ1) is 7.20. The van der Waals surface area contributed by atoms with Crippen LogP contribution in [0.15, 0.2) is 17.0 Å². The molecule has 2 N–H and O–H groups in total. The number of halogens is 1. The van der Waals surface area contributed by atoms with Crippen molar-refractivity contribution in [2.24, 2.45) is 0 Å². The van der Waals surface area contributed by atoms with Gasteiger partial charge in [0.05, 0.1) is 11.1 Å². The largest absolute Gasteiger partial charge is 0.386 e. The summed E-state index contributed by atoms with van der Waals surface area (Å²) in [5, 5.41) is 13.1. The van der Waals surface area contributed by atoms with Crippen molar-refractivity contribution in [1.82, 2.24) is 9.97 Å². The molecule has 1 aromatic rings. The molecule has 1 unspecified atom stereocenters. The Morgan fingerprint density at radius 3 is 3.20 bits per heavy atom. The van der Waals surface area contributed by atoms with Crippen LogP contribution in [0.25, 0.3) is 0 Å². The van der Waals surface area contributed by atoms with Gasteiger partial charge in [-0.25, -0.2) is 9.97 Å². The summed E-state index contributed by atoms with van der Waals surface area (Å²) in [6.45, 7) is 1.43.